The molecule has 2 amide bonds. The van der Waals surface area contributed by atoms with Gasteiger partial charge in [-0.3, -0.25) is 0 Å². The van der Waals surface area contributed by atoms with Crippen LogP contribution < -0.4 is 20.2 Å². The summed E-state index contributed by atoms with van der Waals surface area (Å²) in [4.78, 5) is 22.5. The fourth-order valence-corrected chi connectivity index (χ4v) is 2.85. The van der Waals surface area contributed by atoms with Crippen LogP contribution in [0.2, 0.25) is 5.02 Å². The Hall–Kier alpha value is -2.53. The van der Waals surface area contributed by atoms with Crippen molar-refractivity contribution in [3.05, 3.63) is 50.6 Å². The summed E-state index contributed by atoms with van der Waals surface area (Å²) in [5.41, 5.74) is 3.54. The van der Waals surface area contributed by atoms with E-state index in [1.54, 1.807) is 36.4 Å². The molecule has 10 heteroatoms. The molecule has 0 fully saturated rings. The van der Waals surface area contributed by atoms with Gasteiger partial charge in [0.2, 0.25) is 0 Å². The number of hydrazone groups is 1. The third-order valence-electron chi connectivity index (χ3n) is 3.07. The molecule has 2 rings (SSSR count). The number of halogens is 2. The third-order valence-corrected chi connectivity index (χ3v) is 4.13. The summed E-state index contributed by atoms with van der Waals surface area (Å²) in [6.45, 7) is -0.480. The van der Waals surface area contributed by atoms with E-state index in [1.165, 1.54) is 13.3 Å². The van der Waals surface area contributed by atoms with E-state index in [2.05, 4.69) is 15.8 Å². The molecular formula is C17H15ClIN3O5. The molecule has 0 spiro atoms. The zero-order valence-electron chi connectivity index (χ0n) is 14.0. The summed E-state index contributed by atoms with van der Waals surface area (Å²) in [5.74, 6) is -0.407. The lowest BCUT2D eigenvalue weighted by Crippen LogP contribution is -2.24. The number of carboxylic acids is 1. The van der Waals surface area contributed by atoms with Crippen LogP contribution in [0.1, 0.15) is 5.56 Å². The summed E-state index contributed by atoms with van der Waals surface area (Å²) in [6, 6.07) is 9.44. The molecule has 142 valence electrons. The number of carbonyl (C=O) groups excluding carboxylic acids is 1. The third kappa shape index (κ3) is 6.61. The van der Waals surface area contributed by atoms with Gasteiger partial charge < -0.3 is 19.9 Å². The van der Waals surface area contributed by atoms with E-state index in [0.717, 1.165) is 0 Å². The number of hydrogen-bond acceptors (Lipinski definition) is 5. The number of methoxy groups -OCH3 is 1. The van der Waals surface area contributed by atoms with E-state index in [9.17, 15) is 9.59 Å². The van der Waals surface area contributed by atoms with Crippen molar-refractivity contribution < 1.29 is 24.2 Å². The minimum atomic E-state index is -1.09. The van der Waals surface area contributed by atoms with Crippen LogP contribution in [0.25, 0.3) is 0 Å². The lowest BCUT2D eigenvalue weighted by Gasteiger charge is -2.12. The Kier molecular flexibility index (Phi) is 7.67. The van der Waals surface area contributed by atoms with E-state index in [0.29, 0.717) is 31.3 Å². The quantitative estimate of drug-likeness (QED) is 0.304. The predicted molar refractivity (Wildman–Crippen MR) is 110 cm³/mol. The molecule has 0 heterocycles. The topological polar surface area (TPSA) is 109 Å². The highest BCUT2D eigenvalue weighted by Crippen LogP contribution is 2.33. The molecule has 0 saturated carbocycles. The summed E-state index contributed by atoms with van der Waals surface area (Å²) in [5, 5.41) is 15.8. The normalized spacial score (nSPS) is 10.5. The van der Waals surface area contributed by atoms with Crippen molar-refractivity contribution in [2.24, 2.45) is 5.10 Å². The number of benzene rings is 2. The van der Waals surface area contributed by atoms with Crippen molar-refractivity contribution in [3.63, 3.8) is 0 Å². The van der Waals surface area contributed by atoms with Crippen LogP contribution in [0.15, 0.2) is 41.5 Å². The van der Waals surface area contributed by atoms with Gasteiger partial charge in [-0.05, 0) is 64.6 Å². The summed E-state index contributed by atoms with van der Waals surface area (Å²) in [6.07, 6.45) is 1.42. The van der Waals surface area contributed by atoms with Gasteiger partial charge >= 0.3 is 12.0 Å². The first-order valence-electron chi connectivity index (χ1n) is 7.47. The van der Waals surface area contributed by atoms with Gasteiger partial charge in [0, 0.05) is 10.7 Å². The van der Waals surface area contributed by atoms with Crippen LogP contribution in [0.3, 0.4) is 0 Å². The van der Waals surface area contributed by atoms with Crippen molar-refractivity contribution in [2.45, 2.75) is 0 Å². The van der Waals surface area contributed by atoms with Crippen LogP contribution in [0.5, 0.6) is 11.5 Å². The Morgan fingerprint density at radius 2 is 2.00 bits per heavy atom. The smallest absolute Gasteiger partial charge is 0.341 e. The summed E-state index contributed by atoms with van der Waals surface area (Å²) < 4.78 is 11.1. The van der Waals surface area contributed by atoms with Gasteiger partial charge in [0.25, 0.3) is 0 Å². The fraction of sp³-hybridized carbons (Fsp3) is 0.118. The number of ether oxygens (including phenoxy) is 2. The Morgan fingerprint density at radius 1 is 1.30 bits per heavy atom. The highest BCUT2D eigenvalue weighted by Gasteiger charge is 2.12. The second kappa shape index (κ2) is 9.97. The van der Waals surface area contributed by atoms with Crippen LogP contribution in [-0.4, -0.2) is 37.0 Å². The fourth-order valence-electron chi connectivity index (χ4n) is 1.95. The van der Waals surface area contributed by atoms with Crippen LogP contribution >= 0.6 is 34.2 Å². The average Bonchev–Trinajstić information content (AvgIpc) is 2.62. The van der Waals surface area contributed by atoms with E-state index in [1.807, 2.05) is 22.6 Å². The molecule has 0 aliphatic rings. The highest BCUT2D eigenvalue weighted by atomic mass is 127. The Labute approximate surface area is 173 Å². The Balaban J connectivity index is 2.01. The molecule has 8 nitrogen and oxygen atoms in total. The molecule has 0 radical (unpaired) electrons. The SMILES string of the molecule is COc1cc(/C=N/NC(=O)Nc2ccc(Cl)cc2)cc(I)c1OCC(=O)O. The number of aliphatic carboxylic acids is 1. The molecule has 2 aromatic rings. The molecule has 3 N–H and O–H groups in total. The molecule has 0 aromatic heterocycles. The van der Waals surface area contributed by atoms with Gasteiger partial charge in [-0.1, -0.05) is 11.6 Å². The second-order valence-electron chi connectivity index (χ2n) is 5.05. The number of nitrogens with one attached hydrogen (secondary N) is 2. The molecule has 0 saturated heterocycles. The largest absolute Gasteiger partial charge is 0.493 e. The minimum Gasteiger partial charge on any atom is -0.493 e. The minimum absolute atomic E-state index is 0.325. The number of carbonyl (C=O) groups is 2. The lowest BCUT2D eigenvalue weighted by atomic mass is 10.2. The first-order valence-corrected chi connectivity index (χ1v) is 8.92. The van der Waals surface area contributed by atoms with E-state index in [-0.39, 0.29) is 0 Å². The van der Waals surface area contributed by atoms with Gasteiger partial charge in [0.05, 0.1) is 16.9 Å². The number of amides is 2. The van der Waals surface area contributed by atoms with Crippen molar-refractivity contribution >= 4 is 58.1 Å². The number of rotatable bonds is 7. The molecule has 0 unspecified atom stereocenters. The van der Waals surface area contributed by atoms with E-state index in [4.69, 9.17) is 26.2 Å². The standard InChI is InChI=1S/C17H15ClIN3O5/c1-26-14-7-10(6-13(19)16(14)27-9-15(23)24)8-20-22-17(25)21-12-4-2-11(18)3-5-12/h2-8H,9H2,1H3,(H,23,24)(H2,21,22,25)/b20-8+. The number of urea groups is 1. The van der Waals surface area contributed by atoms with Crippen molar-refractivity contribution in [1.82, 2.24) is 5.43 Å². The Morgan fingerprint density at radius 3 is 2.63 bits per heavy atom. The van der Waals surface area contributed by atoms with Crippen molar-refractivity contribution in [1.29, 1.82) is 0 Å². The number of nitrogens with zero attached hydrogens (tertiary/aromatic N) is 1. The van der Waals surface area contributed by atoms with Crippen LogP contribution in [0.4, 0.5) is 10.5 Å². The van der Waals surface area contributed by atoms with Crippen LogP contribution in [-0.2, 0) is 4.79 Å². The predicted octanol–water partition coefficient (Wildman–Crippen LogP) is 3.57. The number of hydrogen-bond donors (Lipinski definition) is 3. The Bertz CT molecular complexity index is 858. The molecular weight excluding hydrogens is 489 g/mol. The highest BCUT2D eigenvalue weighted by molar-refractivity contribution is 14.1. The van der Waals surface area contributed by atoms with Gasteiger partial charge in [-0.2, -0.15) is 5.10 Å². The molecule has 0 aliphatic carbocycles. The zero-order valence-corrected chi connectivity index (χ0v) is 16.9. The van der Waals surface area contributed by atoms with E-state index < -0.39 is 18.6 Å². The lowest BCUT2D eigenvalue weighted by molar-refractivity contribution is -0.139. The maximum absolute atomic E-state index is 11.8. The summed E-state index contributed by atoms with van der Waals surface area (Å²) >= 11 is 7.78. The summed E-state index contributed by atoms with van der Waals surface area (Å²) in [7, 11) is 1.44. The van der Waals surface area contributed by atoms with Crippen molar-refractivity contribution in [3.8, 4) is 11.5 Å². The monoisotopic (exact) mass is 503 g/mol. The van der Waals surface area contributed by atoms with Gasteiger partial charge in [0.15, 0.2) is 18.1 Å². The van der Waals surface area contributed by atoms with Gasteiger partial charge in [0.1, 0.15) is 0 Å². The average molecular weight is 504 g/mol. The van der Waals surface area contributed by atoms with Gasteiger partial charge in [-0.25, -0.2) is 15.0 Å². The molecule has 0 aliphatic heterocycles. The van der Waals surface area contributed by atoms with E-state index >= 15 is 0 Å². The maximum Gasteiger partial charge on any atom is 0.341 e. The first kappa shape index (κ1) is 20.8. The number of carboxylic acid groups (broad SMARTS) is 1. The molecule has 0 bridgehead atoms. The molecule has 27 heavy (non-hydrogen) atoms. The molecule has 0 atom stereocenters. The number of anilines is 1. The van der Waals surface area contributed by atoms with Gasteiger partial charge in [-0.15, -0.1) is 0 Å². The second-order valence-corrected chi connectivity index (χ2v) is 6.65. The molecule has 2 aromatic carbocycles. The zero-order chi connectivity index (χ0) is 19.8. The first-order chi connectivity index (χ1) is 12.9. The maximum atomic E-state index is 11.8. The van der Waals surface area contributed by atoms with Crippen molar-refractivity contribution in [2.75, 3.05) is 19.0 Å². The van der Waals surface area contributed by atoms with Crippen LogP contribution in [0, 0.1) is 3.57 Å².